The second kappa shape index (κ2) is 13.6. The van der Waals surface area contributed by atoms with Crippen LogP contribution in [0.25, 0.3) is 0 Å². The van der Waals surface area contributed by atoms with E-state index in [4.69, 9.17) is 10.8 Å². The first-order chi connectivity index (χ1) is 14.7. The minimum atomic E-state index is -1.57. The molecule has 0 aromatic rings. The van der Waals surface area contributed by atoms with Crippen molar-refractivity contribution in [2.24, 2.45) is 11.7 Å². The Morgan fingerprint density at radius 1 is 0.781 bits per heavy atom. The summed E-state index contributed by atoms with van der Waals surface area (Å²) in [5.41, 5.74) is 5.50. The lowest BCUT2D eigenvalue weighted by atomic mass is 10.0. The average Bonchev–Trinajstić information content (AvgIpc) is 2.66. The molecule has 0 saturated heterocycles. The van der Waals surface area contributed by atoms with E-state index < -0.39 is 72.5 Å². The van der Waals surface area contributed by atoms with E-state index in [1.54, 1.807) is 13.8 Å². The van der Waals surface area contributed by atoms with Crippen molar-refractivity contribution in [1.82, 2.24) is 16.0 Å². The zero-order chi connectivity index (χ0) is 25.2. The summed E-state index contributed by atoms with van der Waals surface area (Å²) >= 11 is 0. The van der Waals surface area contributed by atoms with E-state index in [2.05, 4.69) is 16.0 Å². The number of amides is 3. The monoisotopic (exact) mass is 462 g/mol. The van der Waals surface area contributed by atoms with Crippen LogP contribution in [0.3, 0.4) is 0 Å². The maximum Gasteiger partial charge on any atom is 0.326 e. The van der Waals surface area contributed by atoms with Gasteiger partial charge in [-0.25, -0.2) is 4.79 Å². The summed E-state index contributed by atoms with van der Waals surface area (Å²) in [6.45, 7) is 5.94. The Labute approximate surface area is 185 Å². The lowest BCUT2D eigenvalue weighted by Gasteiger charge is -2.27. The average molecular weight is 463 g/mol. The summed E-state index contributed by atoms with van der Waals surface area (Å²) in [7, 11) is 0. The highest BCUT2D eigenvalue weighted by molar-refractivity contribution is 5.94. The molecule has 0 spiro atoms. The van der Waals surface area contributed by atoms with Gasteiger partial charge >= 0.3 is 11.9 Å². The van der Waals surface area contributed by atoms with Crippen LogP contribution in [0.15, 0.2) is 0 Å². The van der Waals surface area contributed by atoms with E-state index in [-0.39, 0.29) is 18.8 Å². The number of aliphatic carboxylic acids is 2. The first kappa shape index (κ1) is 29.2. The van der Waals surface area contributed by atoms with Crippen molar-refractivity contribution in [2.45, 2.75) is 83.3 Å². The third-order valence-corrected chi connectivity index (χ3v) is 4.49. The van der Waals surface area contributed by atoms with Crippen molar-refractivity contribution in [2.75, 3.05) is 0 Å². The molecule has 0 aliphatic rings. The molecule has 0 heterocycles. The summed E-state index contributed by atoms with van der Waals surface area (Å²) in [4.78, 5) is 59.7. The molecule has 0 rings (SSSR count). The highest BCUT2D eigenvalue weighted by Crippen LogP contribution is 2.07. The molecule has 6 unspecified atom stereocenters. The van der Waals surface area contributed by atoms with Crippen LogP contribution in [0.1, 0.15) is 47.0 Å². The van der Waals surface area contributed by atoms with Gasteiger partial charge in [0.05, 0.1) is 12.2 Å². The van der Waals surface area contributed by atoms with Crippen LogP contribution in [0.2, 0.25) is 0 Å². The Balaban J connectivity index is 5.52. The Bertz CT molecular complexity index is 682. The smallest absolute Gasteiger partial charge is 0.326 e. The molecule has 0 radical (unpaired) electrons. The zero-order valence-corrected chi connectivity index (χ0v) is 18.6. The van der Waals surface area contributed by atoms with Crippen molar-refractivity contribution >= 4 is 29.7 Å². The third kappa shape index (κ3) is 10.5. The lowest BCUT2D eigenvalue weighted by Crippen LogP contribution is -2.60. The second-order valence-electron chi connectivity index (χ2n) is 8.02. The Hall–Kier alpha value is -2.77. The van der Waals surface area contributed by atoms with Gasteiger partial charge in [0.25, 0.3) is 0 Å². The van der Waals surface area contributed by atoms with Crippen molar-refractivity contribution in [3.8, 4) is 0 Å². The number of carbonyl (C=O) groups is 5. The van der Waals surface area contributed by atoms with Crippen LogP contribution < -0.4 is 21.7 Å². The van der Waals surface area contributed by atoms with E-state index in [1.165, 1.54) is 13.8 Å². The standard InChI is InChI=1S/C19H34N4O9/c1-8(2)7-12(19(31)32)22-16(28)11(5-6-13(26)27)21-18(30)15(10(4)25)23-17(29)14(20)9(3)24/h8-12,14-15,24-25H,5-7,20H2,1-4H3,(H,21,30)(H,22,28)(H,23,29)(H,26,27)(H,31,32). The number of carboxylic acids is 2. The number of rotatable bonds is 14. The molecule has 0 aliphatic carbocycles. The molecule has 0 aromatic carbocycles. The summed E-state index contributed by atoms with van der Waals surface area (Å²) in [5, 5.41) is 44.2. The summed E-state index contributed by atoms with van der Waals surface area (Å²) in [6.07, 6.45) is -3.45. The van der Waals surface area contributed by atoms with Crippen molar-refractivity contribution in [1.29, 1.82) is 0 Å². The normalized spacial score (nSPS) is 16.8. The van der Waals surface area contributed by atoms with Gasteiger partial charge in [0.15, 0.2) is 0 Å². The van der Waals surface area contributed by atoms with Gasteiger partial charge in [-0.05, 0) is 32.6 Å². The Kier molecular flexibility index (Phi) is 12.4. The van der Waals surface area contributed by atoms with E-state index in [1.807, 2.05) is 0 Å². The maximum absolute atomic E-state index is 12.6. The number of aliphatic hydroxyl groups excluding tert-OH is 2. The molecule has 0 saturated carbocycles. The van der Waals surface area contributed by atoms with Gasteiger partial charge in [-0.3, -0.25) is 19.2 Å². The minimum absolute atomic E-state index is 0.0728. The second-order valence-corrected chi connectivity index (χ2v) is 8.02. The van der Waals surface area contributed by atoms with Gasteiger partial charge in [0.1, 0.15) is 24.2 Å². The molecule has 6 atom stereocenters. The number of hydrogen-bond donors (Lipinski definition) is 8. The number of nitrogens with one attached hydrogen (secondary N) is 3. The van der Waals surface area contributed by atoms with E-state index in [0.29, 0.717) is 0 Å². The molecule has 0 bridgehead atoms. The number of carboxylic acid groups (broad SMARTS) is 2. The molecular weight excluding hydrogens is 428 g/mol. The van der Waals surface area contributed by atoms with Crippen LogP contribution in [0.5, 0.6) is 0 Å². The van der Waals surface area contributed by atoms with Crippen molar-refractivity contribution in [3.05, 3.63) is 0 Å². The highest BCUT2D eigenvalue weighted by atomic mass is 16.4. The lowest BCUT2D eigenvalue weighted by molar-refractivity contribution is -0.143. The predicted octanol–water partition coefficient (Wildman–Crippen LogP) is -2.47. The topological polar surface area (TPSA) is 228 Å². The van der Waals surface area contributed by atoms with Gasteiger partial charge in [-0.2, -0.15) is 0 Å². The van der Waals surface area contributed by atoms with E-state index >= 15 is 0 Å². The maximum atomic E-state index is 12.6. The first-order valence-corrected chi connectivity index (χ1v) is 10.1. The number of hydrogen-bond acceptors (Lipinski definition) is 8. The van der Waals surface area contributed by atoms with Gasteiger partial charge in [0, 0.05) is 6.42 Å². The summed E-state index contributed by atoms with van der Waals surface area (Å²) in [5.74, 6) is -5.50. The SMILES string of the molecule is CC(C)CC(NC(=O)C(CCC(=O)O)NC(=O)C(NC(=O)C(N)C(C)O)C(C)O)C(=O)O. The third-order valence-electron chi connectivity index (χ3n) is 4.49. The number of aliphatic hydroxyl groups is 2. The van der Waals surface area contributed by atoms with Crippen LogP contribution in [0.4, 0.5) is 0 Å². The van der Waals surface area contributed by atoms with Crippen molar-refractivity contribution < 1.29 is 44.4 Å². The molecule has 9 N–H and O–H groups in total. The molecule has 0 aliphatic heterocycles. The minimum Gasteiger partial charge on any atom is -0.481 e. The summed E-state index contributed by atoms with van der Waals surface area (Å²) in [6, 6.07) is -5.67. The molecule has 13 nitrogen and oxygen atoms in total. The van der Waals surface area contributed by atoms with Gasteiger partial charge in [0.2, 0.25) is 17.7 Å². The number of carbonyl (C=O) groups excluding carboxylic acids is 3. The quantitative estimate of drug-likeness (QED) is 0.135. The Morgan fingerprint density at radius 3 is 1.72 bits per heavy atom. The van der Waals surface area contributed by atoms with Crippen LogP contribution in [-0.2, 0) is 24.0 Å². The molecule has 3 amide bonds. The van der Waals surface area contributed by atoms with Gasteiger partial charge in [-0.15, -0.1) is 0 Å². The fraction of sp³-hybridized carbons (Fsp3) is 0.737. The fourth-order valence-corrected chi connectivity index (χ4v) is 2.64. The molecule has 184 valence electrons. The molecular formula is C19H34N4O9. The van der Waals surface area contributed by atoms with Gasteiger partial charge in [-0.1, -0.05) is 13.8 Å². The molecule has 13 heteroatoms. The first-order valence-electron chi connectivity index (χ1n) is 10.1. The molecule has 0 aromatic heterocycles. The van der Waals surface area contributed by atoms with Crippen molar-refractivity contribution in [3.63, 3.8) is 0 Å². The fourth-order valence-electron chi connectivity index (χ4n) is 2.64. The predicted molar refractivity (Wildman–Crippen MR) is 111 cm³/mol. The molecule has 0 fully saturated rings. The zero-order valence-electron chi connectivity index (χ0n) is 18.6. The highest BCUT2D eigenvalue weighted by Gasteiger charge is 2.33. The van der Waals surface area contributed by atoms with E-state index in [9.17, 15) is 39.3 Å². The molecule has 32 heavy (non-hydrogen) atoms. The van der Waals surface area contributed by atoms with Crippen LogP contribution in [-0.4, -0.2) is 86.5 Å². The largest absolute Gasteiger partial charge is 0.481 e. The van der Waals surface area contributed by atoms with E-state index in [0.717, 1.165) is 0 Å². The summed E-state index contributed by atoms with van der Waals surface area (Å²) < 4.78 is 0. The van der Waals surface area contributed by atoms with Crippen LogP contribution >= 0.6 is 0 Å². The number of nitrogens with two attached hydrogens (primary N) is 1. The van der Waals surface area contributed by atoms with Crippen LogP contribution in [0, 0.1) is 5.92 Å². The Morgan fingerprint density at radius 2 is 1.31 bits per heavy atom. The van der Waals surface area contributed by atoms with Gasteiger partial charge < -0.3 is 42.1 Å².